The van der Waals surface area contributed by atoms with E-state index in [1.54, 1.807) is 16.8 Å². The van der Waals surface area contributed by atoms with Crippen LogP contribution in [-0.2, 0) is 28.4 Å². The smallest absolute Gasteiger partial charge is 0.381 e. The van der Waals surface area contributed by atoms with Crippen molar-refractivity contribution in [3.05, 3.63) is 57.3 Å². The van der Waals surface area contributed by atoms with Gasteiger partial charge in [-0.3, -0.25) is 4.79 Å². The van der Waals surface area contributed by atoms with Gasteiger partial charge in [-0.05, 0) is 59.0 Å². The maximum absolute atomic E-state index is 13.0. The molecule has 0 aliphatic heterocycles. The third kappa shape index (κ3) is 6.46. The van der Waals surface area contributed by atoms with Crippen LogP contribution in [0.1, 0.15) is 47.9 Å². The summed E-state index contributed by atoms with van der Waals surface area (Å²) in [6, 6.07) is 3.03. The van der Waals surface area contributed by atoms with E-state index < -0.39 is 41.8 Å². The molecule has 0 saturated heterocycles. The van der Waals surface area contributed by atoms with Crippen molar-refractivity contribution in [2.75, 3.05) is 7.11 Å². The van der Waals surface area contributed by atoms with Gasteiger partial charge in [0.1, 0.15) is 0 Å². The minimum absolute atomic E-state index is 0.0594. The molecule has 1 N–H and O–H groups in total. The van der Waals surface area contributed by atoms with Crippen LogP contribution in [0, 0.1) is 0 Å². The Bertz CT molecular complexity index is 797. The van der Waals surface area contributed by atoms with Gasteiger partial charge >= 0.3 is 12.4 Å². The van der Waals surface area contributed by atoms with Gasteiger partial charge in [0.2, 0.25) is 5.91 Å². The van der Waals surface area contributed by atoms with Crippen LogP contribution in [0.15, 0.2) is 35.0 Å². The van der Waals surface area contributed by atoms with E-state index in [1.807, 2.05) is 6.92 Å². The van der Waals surface area contributed by atoms with Gasteiger partial charge < -0.3 is 10.1 Å². The number of alkyl halides is 6. The number of ether oxygens (including phenoxy) is 1. The molecule has 166 valence electrons. The Kier molecular flexibility index (Phi) is 7.93. The van der Waals surface area contributed by atoms with Gasteiger partial charge in [-0.15, -0.1) is 0 Å². The summed E-state index contributed by atoms with van der Waals surface area (Å²) in [6.07, 6.45) is -9.11. The molecule has 2 atom stereocenters. The predicted molar refractivity (Wildman–Crippen MR) is 101 cm³/mol. The summed E-state index contributed by atoms with van der Waals surface area (Å²) in [7, 11) is 1.51. The summed E-state index contributed by atoms with van der Waals surface area (Å²) in [5.74, 6) is -1.12. The maximum atomic E-state index is 13.0. The Balaban J connectivity index is 2.24. The van der Waals surface area contributed by atoms with Crippen molar-refractivity contribution < 1.29 is 35.9 Å². The minimum atomic E-state index is -4.94. The molecule has 2 aromatic rings. The first-order chi connectivity index (χ1) is 14.0. The standard InChI is InChI=1S/C20H21F6NO2S/c1-3-16(29-2)9-17(13-4-5-30-11-13)18(28)27-10-12-6-14(19(21,22)23)8-15(7-12)20(24,25)26/h4-8,11,16-17H,3,9-10H2,1-2H3,(H,27,28). The fourth-order valence-electron chi connectivity index (χ4n) is 2.99. The number of carbonyl (C=O) groups excluding carboxylic acids is 1. The zero-order valence-corrected chi connectivity index (χ0v) is 17.0. The van der Waals surface area contributed by atoms with E-state index in [4.69, 9.17) is 4.74 Å². The summed E-state index contributed by atoms with van der Waals surface area (Å²) in [5, 5.41) is 6.03. The number of nitrogens with one attached hydrogen (secondary N) is 1. The molecule has 0 bridgehead atoms. The molecule has 10 heteroatoms. The van der Waals surface area contributed by atoms with E-state index in [-0.39, 0.29) is 17.7 Å². The average molecular weight is 453 g/mol. The third-order valence-electron chi connectivity index (χ3n) is 4.66. The van der Waals surface area contributed by atoms with Crippen molar-refractivity contribution in [2.24, 2.45) is 0 Å². The van der Waals surface area contributed by atoms with E-state index in [0.717, 1.165) is 0 Å². The first-order valence-electron chi connectivity index (χ1n) is 9.06. The second kappa shape index (κ2) is 9.82. The van der Waals surface area contributed by atoms with Gasteiger partial charge in [-0.2, -0.15) is 37.7 Å². The van der Waals surface area contributed by atoms with E-state index >= 15 is 0 Å². The first kappa shape index (κ1) is 24.2. The number of methoxy groups -OCH3 is 1. The minimum Gasteiger partial charge on any atom is -0.381 e. The van der Waals surface area contributed by atoms with Crippen LogP contribution < -0.4 is 5.32 Å². The number of thiophene rings is 1. The lowest BCUT2D eigenvalue weighted by atomic mass is 9.93. The lowest BCUT2D eigenvalue weighted by Crippen LogP contribution is -2.31. The molecule has 1 heterocycles. The fraction of sp³-hybridized carbons (Fsp3) is 0.450. The maximum Gasteiger partial charge on any atom is 0.416 e. The van der Waals surface area contributed by atoms with E-state index in [2.05, 4.69) is 5.32 Å². The highest BCUT2D eigenvalue weighted by atomic mass is 32.1. The SMILES string of the molecule is CCC(CC(C(=O)NCc1cc(C(F)(F)F)cc(C(F)(F)F)c1)c1ccsc1)OC. The molecule has 0 spiro atoms. The molecule has 1 aromatic carbocycles. The highest BCUT2D eigenvalue weighted by molar-refractivity contribution is 7.08. The number of amides is 1. The average Bonchev–Trinajstić information content (AvgIpc) is 3.20. The molecule has 3 nitrogen and oxygen atoms in total. The Morgan fingerprint density at radius 3 is 2.13 bits per heavy atom. The van der Waals surface area contributed by atoms with Crippen molar-refractivity contribution in [3.8, 4) is 0 Å². The molecule has 2 unspecified atom stereocenters. The highest BCUT2D eigenvalue weighted by Gasteiger charge is 2.37. The molecule has 1 aromatic heterocycles. The van der Waals surface area contributed by atoms with Gasteiger partial charge in [-0.25, -0.2) is 0 Å². The largest absolute Gasteiger partial charge is 0.416 e. The number of carbonyl (C=O) groups is 1. The second-order valence-corrected chi connectivity index (χ2v) is 7.52. The lowest BCUT2D eigenvalue weighted by molar-refractivity contribution is -0.143. The Morgan fingerprint density at radius 2 is 1.70 bits per heavy atom. The number of halogens is 6. The first-order valence-corrected chi connectivity index (χ1v) is 10.0. The van der Waals surface area contributed by atoms with Crippen LogP contribution >= 0.6 is 11.3 Å². The molecular weight excluding hydrogens is 432 g/mol. The molecular formula is C20H21F6NO2S. The van der Waals surface area contributed by atoms with E-state index in [0.29, 0.717) is 30.5 Å². The highest BCUT2D eigenvalue weighted by Crippen LogP contribution is 2.36. The third-order valence-corrected chi connectivity index (χ3v) is 5.36. The molecule has 0 aliphatic rings. The molecule has 0 aliphatic carbocycles. The molecule has 30 heavy (non-hydrogen) atoms. The summed E-state index contributed by atoms with van der Waals surface area (Å²) in [5.41, 5.74) is -2.40. The summed E-state index contributed by atoms with van der Waals surface area (Å²) in [4.78, 5) is 12.7. The number of benzene rings is 1. The predicted octanol–water partition coefficient (Wildman–Crippen LogP) is 6.00. The number of rotatable bonds is 8. The van der Waals surface area contributed by atoms with Crippen LogP contribution in [-0.4, -0.2) is 19.1 Å². The van der Waals surface area contributed by atoms with Gasteiger partial charge in [0, 0.05) is 13.7 Å². The summed E-state index contributed by atoms with van der Waals surface area (Å²) in [6.45, 7) is 1.42. The summed E-state index contributed by atoms with van der Waals surface area (Å²) < 4.78 is 83.3. The van der Waals surface area contributed by atoms with Gasteiger partial charge in [0.15, 0.2) is 0 Å². The Hall–Kier alpha value is -2.07. The van der Waals surface area contributed by atoms with Crippen molar-refractivity contribution in [1.82, 2.24) is 5.32 Å². The zero-order valence-electron chi connectivity index (χ0n) is 16.2. The topological polar surface area (TPSA) is 38.3 Å². The Morgan fingerprint density at radius 1 is 1.10 bits per heavy atom. The van der Waals surface area contributed by atoms with Crippen LogP contribution in [0.5, 0.6) is 0 Å². The molecule has 1 amide bonds. The van der Waals surface area contributed by atoms with Crippen LogP contribution in [0.2, 0.25) is 0 Å². The van der Waals surface area contributed by atoms with Crippen molar-refractivity contribution >= 4 is 17.2 Å². The summed E-state index contributed by atoms with van der Waals surface area (Å²) >= 11 is 1.38. The van der Waals surface area contributed by atoms with E-state index in [9.17, 15) is 31.1 Å². The molecule has 0 fully saturated rings. The Labute approximate surface area is 174 Å². The number of hydrogen-bond donors (Lipinski definition) is 1. The monoisotopic (exact) mass is 453 g/mol. The fourth-order valence-corrected chi connectivity index (χ4v) is 3.71. The van der Waals surface area contributed by atoms with Crippen LogP contribution in [0.4, 0.5) is 26.3 Å². The molecule has 0 radical (unpaired) electrons. The van der Waals surface area contributed by atoms with Gasteiger partial charge in [0.05, 0.1) is 23.1 Å². The van der Waals surface area contributed by atoms with Crippen molar-refractivity contribution in [2.45, 2.75) is 50.7 Å². The number of hydrogen-bond acceptors (Lipinski definition) is 3. The van der Waals surface area contributed by atoms with Gasteiger partial charge in [0.25, 0.3) is 0 Å². The molecule has 0 saturated carbocycles. The van der Waals surface area contributed by atoms with Crippen LogP contribution in [0.3, 0.4) is 0 Å². The van der Waals surface area contributed by atoms with Crippen molar-refractivity contribution in [3.63, 3.8) is 0 Å². The van der Waals surface area contributed by atoms with E-state index in [1.165, 1.54) is 18.4 Å². The molecule has 2 rings (SSSR count). The lowest BCUT2D eigenvalue weighted by Gasteiger charge is -2.21. The zero-order chi connectivity index (χ0) is 22.5. The van der Waals surface area contributed by atoms with Gasteiger partial charge in [-0.1, -0.05) is 6.92 Å². The van der Waals surface area contributed by atoms with Crippen LogP contribution in [0.25, 0.3) is 0 Å². The van der Waals surface area contributed by atoms with Crippen molar-refractivity contribution in [1.29, 1.82) is 0 Å². The second-order valence-electron chi connectivity index (χ2n) is 6.74. The normalized spacial score (nSPS) is 14.4. The quantitative estimate of drug-likeness (QED) is 0.498.